The molecule has 0 radical (unpaired) electrons. The number of esters is 3. The van der Waals surface area contributed by atoms with Crippen molar-refractivity contribution in [1.82, 2.24) is 0 Å². The third kappa shape index (κ3) is 38.1. The number of carbonyl (C=O) groups is 3. The van der Waals surface area contributed by atoms with Gasteiger partial charge in [0, 0.05) is 19.3 Å². The van der Waals surface area contributed by atoms with Crippen molar-refractivity contribution in [2.45, 2.75) is 253 Å². The molecule has 6 nitrogen and oxygen atoms in total. The second-order valence-corrected chi connectivity index (χ2v) is 16.4. The van der Waals surface area contributed by atoms with Crippen molar-refractivity contribution in [3.05, 3.63) is 0 Å². The summed E-state index contributed by atoms with van der Waals surface area (Å²) < 4.78 is 16.7. The fraction of sp³-hybridized carbons (Fsp3) is 0.935. The Morgan fingerprint density at radius 1 is 0.404 bits per heavy atom. The molecule has 1 unspecified atom stereocenters. The third-order valence-electron chi connectivity index (χ3n) is 10.6. The predicted octanol–water partition coefficient (Wildman–Crippen LogP) is 14.2. The molecule has 0 bridgehead atoms. The molecule has 0 saturated carbocycles. The summed E-state index contributed by atoms with van der Waals surface area (Å²) in [6.07, 6.45) is 36.6. The Morgan fingerprint density at radius 3 is 1.10 bits per heavy atom. The molecule has 0 aromatic rings. The molecular formula is C46H88O6. The van der Waals surface area contributed by atoms with Gasteiger partial charge in [0.25, 0.3) is 0 Å². The third-order valence-corrected chi connectivity index (χ3v) is 10.6. The molecule has 0 aliphatic rings. The van der Waals surface area contributed by atoms with Crippen LogP contribution in [0.5, 0.6) is 0 Å². The van der Waals surface area contributed by atoms with E-state index in [2.05, 4.69) is 34.6 Å². The first-order valence-electron chi connectivity index (χ1n) is 22.8. The van der Waals surface area contributed by atoms with Crippen LogP contribution in [-0.4, -0.2) is 37.2 Å². The Kier molecular flexibility index (Phi) is 37.9. The van der Waals surface area contributed by atoms with Crippen LogP contribution < -0.4 is 0 Å². The van der Waals surface area contributed by atoms with Crippen LogP contribution in [0.1, 0.15) is 247 Å². The highest BCUT2D eigenvalue weighted by Crippen LogP contribution is 2.17. The van der Waals surface area contributed by atoms with Crippen LogP contribution in [0.15, 0.2) is 0 Å². The van der Waals surface area contributed by atoms with Gasteiger partial charge in [0.1, 0.15) is 13.2 Å². The summed E-state index contributed by atoms with van der Waals surface area (Å²) >= 11 is 0. The Bertz CT molecular complexity index is 796. The van der Waals surface area contributed by atoms with E-state index in [4.69, 9.17) is 14.2 Å². The van der Waals surface area contributed by atoms with Crippen LogP contribution in [0.25, 0.3) is 0 Å². The van der Waals surface area contributed by atoms with E-state index in [1.807, 2.05) is 0 Å². The van der Waals surface area contributed by atoms with Crippen LogP contribution in [0, 0.1) is 11.8 Å². The first kappa shape index (κ1) is 50.4. The van der Waals surface area contributed by atoms with Crippen molar-refractivity contribution in [3.63, 3.8) is 0 Å². The largest absolute Gasteiger partial charge is 0.462 e. The number of hydrogen-bond acceptors (Lipinski definition) is 6. The monoisotopic (exact) mass is 737 g/mol. The zero-order valence-corrected chi connectivity index (χ0v) is 35.4. The standard InChI is InChI=1S/C46H88O6/c1-6-8-9-10-11-12-13-17-20-26-31-36-44(47)50-39-43(40-51-45(48)37-32-27-23-22-24-29-34-41(3)4)52-46(49)38-33-28-21-18-15-14-16-19-25-30-35-42(5)7-2/h41-43H,6-40H2,1-5H3/t42?,43-/m1/s1. The summed E-state index contributed by atoms with van der Waals surface area (Å²) in [5, 5.41) is 0. The lowest BCUT2D eigenvalue weighted by atomic mass is 9.99. The van der Waals surface area contributed by atoms with Gasteiger partial charge in [0.15, 0.2) is 6.10 Å². The lowest BCUT2D eigenvalue weighted by molar-refractivity contribution is -0.167. The van der Waals surface area contributed by atoms with Crippen molar-refractivity contribution in [2.75, 3.05) is 13.2 Å². The minimum atomic E-state index is -0.760. The summed E-state index contributed by atoms with van der Waals surface area (Å²) in [4.78, 5) is 37.6. The molecular weight excluding hydrogens is 648 g/mol. The van der Waals surface area contributed by atoms with E-state index in [-0.39, 0.29) is 31.1 Å². The minimum Gasteiger partial charge on any atom is -0.462 e. The average Bonchev–Trinajstić information content (AvgIpc) is 3.12. The number of carbonyl (C=O) groups excluding carboxylic acids is 3. The molecule has 308 valence electrons. The predicted molar refractivity (Wildman–Crippen MR) is 220 cm³/mol. The molecule has 0 aliphatic carbocycles. The van der Waals surface area contributed by atoms with Crippen LogP contribution in [0.2, 0.25) is 0 Å². The summed E-state index contributed by atoms with van der Waals surface area (Å²) in [6.45, 7) is 11.3. The summed E-state index contributed by atoms with van der Waals surface area (Å²) in [5.41, 5.74) is 0. The van der Waals surface area contributed by atoms with Crippen molar-refractivity contribution >= 4 is 17.9 Å². The van der Waals surface area contributed by atoms with E-state index >= 15 is 0 Å². The fourth-order valence-corrected chi connectivity index (χ4v) is 6.72. The van der Waals surface area contributed by atoms with Gasteiger partial charge < -0.3 is 14.2 Å². The normalized spacial score (nSPS) is 12.6. The SMILES string of the molecule is CCCCCCCCCCCCCC(=O)OC[C@H](COC(=O)CCCCCCCCC(C)C)OC(=O)CCCCCCCCCCCCC(C)CC. The first-order chi connectivity index (χ1) is 25.3. The van der Waals surface area contributed by atoms with Gasteiger partial charge in [0.2, 0.25) is 0 Å². The van der Waals surface area contributed by atoms with Crippen molar-refractivity contribution < 1.29 is 28.6 Å². The topological polar surface area (TPSA) is 78.9 Å². The summed E-state index contributed by atoms with van der Waals surface area (Å²) in [5.74, 6) is 0.768. The zero-order chi connectivity index (χ0) is 38.3. The molecule has 6 heteroatoms. The lowest BCUT2D eigenvalue weighted by Crippen LogP contribution is -2.30. The average molecular weight is 737 g/mol. The number of unbranched alkanes of at least 4 members (excludes halogenated alkanes) is 24. The maximum absolute atomic E-state index is 12.7. The molecule has 0 fully saturated rings. The zero-order valence-electron chi connectivity index (χ0n) is 35.4. The molecule has 0 amide bonds. The van der Waals surface area contributed by atoms with Crippen molar-refractivity contribution in [2.24, 2.45) is 11.8 Å². The first-order valence-corrected chi connectivity index (χ1v) is 22.8. The van der Waals surface area contributed by atoms with E-state index in [1.54, 1.807) is 0 Å². The van der Waals surface area contributed by atoms with Crippen molar-refractivity contribution in [1.29, 1.82) is 0 Å². The Hall–Kier alpha value is -1.59. The van der Waals surface area contributed by atoms with Crippen molar-refractivity contribution in [3.8, 4) is 0 Å². The number of hydrogen-bond donors (Lipinski definition) is 0. The van der Waals surface area contributed by atoms with E-state index in [9.17, 15) is 14.4 Å². The molecule has 0 aromatic carbocycles. The van der Waals surface area contributed by atoms with Crippen LogP contribution in [0.4, 0.5) is 0 Å². The molecule has 0 aliphatic heterocycles. The molecule has 2 atom stereocenters. The smallest absolute Gasteiger partial charge is 0.306 e. The Balaban J connectivity index is 4.33. The van der Waals surface area contributed by atoms with E-state index < -0.39 is 6.10 Å². The highest BCUT2D eigenvalue weighted by molar-refractivity contribution is 5.71. The van der Waals surface area contributed by atoms with Crippen LogP contribution in [-0.2, 0) is 28.6 Å². The van der Waals surface area contributed by atoms with Gasteiger partial charge in [0.05, 0.1) is 0 Å². The Labute approximate surface area is 323 Å². The minimum absolute atomic E-state index is 0.0656. The van der Waals surface area contributed by atoms with Gasteiger partial charge in [-0.3, -0.25) is 14.4 Å². The Morgan fingerprint density at radius 2 is 0.731 bits per heavy atom. The quantitative estimate of drug-likeness (QED) is 0.0354. The highest BCUT2D eigenvalue weighted by atomic mass is 16.6. The van der Waals surface area contributed by atoms with Gasteiger partial charge >= 0.3 is 17.9 Å². The van der Waals surface area contributed by atoms with E-state index in [0.29, 0.717) is 19.3 Å². The summed E-state index contributed by atoms with van der Waals surface area (Å²) in [7, 11) is 0. The van der Waals surface area contributed by atoms with Gasteiger partial charge in [-0.05, 0) is 31.1 Å². The van der Waals surface area contributed by atoms with Gasteiger partial charge in [-0.15, -0.1) is 0 Å². The van der Waals surface area contributed by atoms with Crippen LogP contribution >= 0.6 is 0 Å². The lowest BCUT2D eigenvalue weighted by Gasteiger charge is -2.18. The summed E-state index contributed by atoms with van der Waals surface area (Å²) in [6, 6.07) is 0. The highest BCUT2D eigenvalue weighted by Gasteiger charge is 2.19. The van der Waals surface area contributed by atoms with Crippen LogP contribution in [0.3, 0.4) is 0 Å². The van der Waals surface area contributed by atoms with E-state index in [1.165, 1.54) is 135 Å². The second-order valence-electron chi connectivity index (χ2n) is 16.4. The molecule has 0 spiro atoms. The number of ether oxygens (including phenoxy) is 3. The maximum atomic E-state index is 12.7. The fourth-order valence-electron chi connectivity index (χ4n) is 6.72. The van der Waals surface area contributed by atoms with Gasteiger partial charge in [-0.1, -0.05) is 208 Å². The van der Waals surface area contributed by atoms with Gasteiger partial charge in [-0.25, -0.2) is 0 Å². The van der Waals surface area contributed by atoms with E-state index in [0.717, 1.165) is 69.6 Å². The molecule has 0 saturated heterocycles. The molecule has 52 heavy (non-hydrogen) atoms. The molecule has 0 N–H and O–H groups in total. The maximum Gasteiger partial charge on any atom is 0.306 e. The number of rotatable bonds is 40. The molecule has 0 aromatic heterocycles. The van der Waals surface area contributed by atoms with Gasteiger partial charge in [-0.2, -0.15) is 0 Å². The molecule has 0 rings (SSSR count). The second kappa shape index (κ2) is 39.1. The molecule has 0 heterocycles.